The molecule has 0 saturated carbocycles. The van der Waals surface area contributed by atoms with Crippen molar-refractivity contribution in [3.8, 4) is 0 Å². The van der Waals surface area contributed by atoms with Gasteiger partial charge in [-0.15, -0.1) is 12.4 Å². The van der Waals surface area contributed by atoms with Gasteiger partial charge in [0.05, 0.1) is 21.7 Å². The van der Waals surface area contributed by atoms with Crippen LogP contribution in [-0.2, 0) is 16.1 Å². The molecule has 1 aliphatic heterocycles. The fourth-order valence-electron chi connectivity index (χ4n) is 3.52. The van der Waals surface area contributed by atoms with Crippen LogP contribution in [0.4, 0.5) is 4.39 Å². The van der Waals surface area contributed by atoms with Crippen molar-refractivity contribution in [2.75, 3.05) is 0 Å². The number of likely N-dealkylation sites (tertiary alicyclic amines) is 1. The van der Waals surface area contributed by atoms with Crippen LogP contribution in [0.1, 0.15) is 22.7 Å². The number of amides is 1. The Morgan fingerprint density at radius 3 is 2.41 bits per heavy atom. The Bertz CT molecular complexity index is 1200. The third-order valence-electron chi connectivity index (χ3n) is 4.99. The number of halogens is 4. The van der Waals surface area contributed by atoms with Crippen molar-refractivity contribution in [1.82, 2.24) is 9.88 Å². The largest absolute Gasteiger partial charge is 0.507 e. The SMILES string of the molecule is Cl.O=C1C(=O)N(Cc2cccnc2)C(c2ccc(Cl)c(Cl)c2)C1=C(O)c1ccc(F)cc1. The highest BCUT2D eigenvalue weighted by Crippen LogP contribution is 2.41. The normalized spacial score (nSPS) is 17.3. The van der Waals surface area contributed by atoms with E-state index in [2.05, 4.69) is 4.98 Å². The summed E-state index contributed by atoms with van der Waals surface area (Å²) >= 11 is 12.2. The summed E-state index contributed by atoms with van der Waals surface area (Å²) in [6, 6.07) is 12.3. The van der Waals surface area contributed by atoms with Crippen molar-refractivity contribution in [2.45, 2.75) is 12.6 Å². The Balaban J connectivity index is 0.00000289. The van der Waals surface area contributed by atoms with E-state index < -0.39 is 29.3 Å². The lowest BCUT2D eigenvalue weighted by Crippen LogP contribution is -2.29. The summed E-state index contributed by atoms with van der Waals surface area (Å²) in [5.74, 6) is -2.51. The second-order valence-corrected chi connectivity index (χ2v) is 7.78. The average Bonchev–Trinajstić information content (AvgIpc) is 3.01. The van der Waals surface area contributed by atoms with Gasteiger partial charge in [-0.1, -0.05) is 35.3 Å². The minimum Gasteiger partial charge on any atom is -0.507 e. The van der Waals surface area contributed by atoms with E-state index in [0.717, 1.165) is 12.1 Å². The zero-order valence-electron chi connectivity index (χ0n) is 16.3. The number of aliphatic hydroxyl groups is 1. The van der Waals surface area contributed by atoms with Gasteiger partial charge in [0.1, 0.15) is 11.6 Å². The lowest BCUT2D eigenvalue weighted by molar-refractivity contribution is -0.140. The minimum absolute atomic E-state index is 0. The fourth-order valence-corrected chi connectivity index (χ4v) is 3.83. The van der Waals surface area contributed by atoms with Crippen LogP contribution in [0.3, 0.4) is 0 Å². The zero-order valence-corrected chi connectivity index (χ0v) is 18.7. The number of aromatic nitrogens is 1. The van der Waals surface area contributed by atoms with Crippen LogP contribution in [0.25, 0.3) is 5.76 Å². The number of Topliss-reactive ketones (excluding diaryl/α,β-unsaturated/α-hetero) is 1. The van der Waals surface area contributed by atoms with E-state index in [4.69, 9.17) is 23.2 Å². The molecule has 0 spiro atoms. The van der Waals surface area contributed by atoms with Crippen LogP contribution in [0.15, 0.2) is 72.6 Å². The van der Waals surface area contributed by atoms with Crippen molar-refractivity contribution < 1.29 is 19.1 Å². The summed E-state index contributed by atoms with van der Waals surface area (Å²) in [5.41, 5.74) is 1.31. The third-order valence-corrected chi connectivity index (χ3v) is 5.73. The highest BCUT2D eigenvalue weighted by molar-refractivity contribution is 6.46. The molecule has 3 aromatic rings. The molecule has 1 amide bonds. The summed E-state index contributed by atoms with van der Waals surface area (Å²) < 4.78 is 13.3. The Morgan fingerprint density at radius 1 is 1.06 bits per heavy atom. The monoisotopic (exact) mass is 492 g/mol. The Morgan fingerprint density at radius 2 is 1.78 bits per heavy atom. The Labute approximate surface area is 199 Å². The second kappa shape index (κ2) is 9.69. The molecule has 164 valence electrons. The van der Waals surface area contributed by atoms with Crippen LogP contribution >= 0.6 is 35.6 Å². The van der Waals surface area contributed by atoms with Gasteiger partial charge in [0.15, 0.2) is 0 Å². The number of pyridine rings is 1. The molecule has 1 unspecified atom stereocenters. The van der Waals surface area contributed by atoms with Crippen LogP contribution in [0, 0.1) is 5.82 Å². The number of rotatable bonds is 4. The number of benzene rings is 2. The van der Waals surface area contributed by atoms with E-state index in [0.29, 0.717) is 16.1 Å². The average molecular weight is 494 g/mol. The summed E-state index contributed by atoms with van der Waals surface area (Å²) in [6.45, 7) is 0.0868. The topological polar surface area (TPSA) is 70.5 Å². The maximum Gasteiger partial charge on any atom is 0.295 e. The molecule has 1 aliphatic rings. The van der Waals surface area contributed by atoms with Gasteiger partial charge >= 0.3 is 0 Å². The molecule has 2 aromatic carbocycles. The van der Waals surface area contributed by atoms with Gasteiger partial charge in [0.2, 0.25) is 0 Å². The highest BCUT2D eigenvalue weighted by atomic mass is 35.5. The number of hydrogen-bond acceptors (Lipinski definition) is 4. The molecule has 0 bridgehead atoms. The van der Waals surface area contributed by atoms with Gasteiger partial charge < -0.3 is 10.0 Å². The van der Waals surface area contributed by atoms with Gasteiger partial charge in [-0.25, -0.2) is 4.39 Å². The van der Waals surface area contributed by atoms with Gasteiger partial charge in [0.25, 0.3) is 11.7 Å². The first kappa shape index (κ1) is 23.7. The molecular weight excluding hydrogens is 478 g/mol. The molecule has 9 heteroatoms. The number of nitrogens with zero attached hydrogens (tertiary/aromatic N) is 2. The van der Waals surface area contributed by atoms with Crippen molar-refractivity contribution in [1.29, 1.82) is 0 Å². The van der Waals surface area contributed by atoms with Crippen LogP contribution in [0.2, 0.25) is 10.0 Å². The molecular formula is C23H16Cl3FN2O3. The summed E-state index contributed by atoms with van der Waals surface area (Å²) in [5, 5.41) is 11.5. The molecule has 1 atom stereocenters. The molecule has 1 saturated heterocycles. The van der Waals surface area contributed by atoms with E-state index in [-0.39, 0.29) is 35.1 Å². The predicted octanol–water partition coefficient (Wildman–Crippen LogP) is 5.57. The molecule has 0 aliphatic carbocycles. The quantitative estimate of drug-likeness (QED) is 0.293. The maximum absolute atomic E-state index is 13.3. The smallest absolute Gasteiger partial charge is 0.295 e. The van der Waals surface area contributed by atoms with Crippen molar-refractivity contribution in [3.05, 3.63) is 105 Å². The summed E-state index contributed by atoms with van der Waals surface area (Å²) in [4.78, 5) is 31.3. The minimum atomic E-state index is -0.917. The van der Waals surface area contributed by atoms with Crippen molar-refractivity contribution in [3.63, 3.8) is 0 Å². The number of aliphatic hydroxyl groups excluding tert-OH is 1. The number of carbonyl (C=O) groups is 2. The first-order valence-corrected chi connectivity index (χ1v) is 10.0. The summed E-state index contributed by atoms with van der Waals surface area (Å²) in [6.07, 6.45) is 3.19. The number of hydrogen-bond donors (Lipinski definition) is 1. The third kappa shape index (κ3) is 4.48. The molecule has 5 nitrogen and oxygen atoms in total. The standard InChI is InChI=1S/C23H15Cl2FN2O3.ClH/c24-17-8-5-15(10-18(17)25)20-19(21(29)14-3-6-16(26)7-4-14)22(30)23(31)28(20)12-13-2-1-9-27-11-13;/h1-11,20,29H,12H2;1H. The Hall–Kier alpha value is -2.93. The van der Waals surface area contributed by atoms with Crippen LogP contribution in [0.5, 0.6) is 0 Å². The van der Waals surface area contributed by atoms with Gasteiger partial charge in [0, 0.05) is 24.5 Å². The lowest BCUT2D eigenvalue weighted by atomic mass is 9.95. The van der Waals surface area contributed by atoms with Gasteiger partial charge in [-0.3, -0.25) is 14.6 Å². The van der Waals surface area contributed by atoms with E-state index >= 15 is 0 Å². The van der Waals surface area contributed by atoms with Crippen molar-refractivity contribution >= 4 is 53.1 Å². The molecule has 4 rings (SSSR count). The molecule has 1 N–H and O–H groups in total. The zero-order chi connectivity index (χ0) is 22.1. The van der Waals surface area contributed by atoms with Crippen LogP contribution in [-0.4, -0.2) is 26.7 Å². The van der Waals surface area contributed by atoms with E-state index in [1.807, 2.05) is 0 Å². The molecule has 0 radical (unpaired) electrons. The second-order valence-electron chi connectivity index (χ2n) is 6.97. The molecule has 1 aromatic heterocycles. The van der Waals surface area contributed by atoms with E-state index in [1.54, 1.807) is 42.7 Å². The molecule has 2 heterocycles. The maximum atomic E-state index is 13.3. The lowest BCUT2D eigenvalue weighted by Gasteiger charge is -2.25. The van der Waals surface area contributed by atoms with Crippen molar-refractivity contribution in [2.24, 2.45) is 0 Å². The fraction of sp³-hybridized carbons (Fsp3) is 0.0870. The van der Waals surface area contributed by atoms with Gasteiger partial charge in [-0.2, -0.15) is 0 Å². The Kier molecular flexibility index (Phi) is 7.19. The van der Waals surface area contributed by atoms with E-state index in [9.17, 15) is 19.1 Å². The predicted molar refractivity (Wildman–Crippen MR) is 122 cm³/mol. The molecule has 1 fully saturated rings. The van der Waals surface area contributed by atoms with E-state index in [1.165, 1.54) is 17.0 Å². The number of ketones is 1. The van der Waals surface area contributed by atoms with Crippen LogP contribution < -0.4 is 0 Å². The highest BCUT2D eigenvalue weighted by Gasteiger charge is 2.46. The number of carbonyl (C=O) groups excluding carboxylic acids is 2. The first-order valence-electron chi connectivity index (χ1n) is 9.25. The summed E-state index contributed by atoms with van der Waals surface area (Å²) in [7, 11) is 0. The van der Waals surface area contributed by atoms with Gasteiger partial charge in [-0.05, 0) is 53.6 Å². The molecule has 32 heavy (non-hydrogen) atoms. The first-order chi connectivity index (χ1) is 14.9.